The van der Waals surface area contributed by atoms with Crippen molar-refractivity contribution in [3.05, 3.63) is 35.9 Å². The van der Waals surface area contributed by atoms with E-state index in [-0.39, 0.29) is 6.10 Å². The summed E-state index contributed by atoms with van der Waals surface area (Å²) in [5, 5.41) is 9.00. The van der Waals surface area contributed by atoms with Gasteiger partial charge < -0.3 is 14.2 Å². The number of nitriles is 1. The fourth-order valence-electron chi connectivity index (χ4n) is 2.34. The van der Waals surface area contributed by atoms with Crippen molar-refractivity contribution in [2.24, 2.45) is 0 Å². The van der Waals surface area contributed by atoms with Gasteiger partial charge in [-0.3, -0.25) is 0 Å². The van der Waals surface area contributed by atoms with Gasteiger partial charge in [0.15, 0.2) is 5.79 Å². The molecule has 0 radical (unpaired) electrons. The molecule has 0 aliphatic carbocycles. The highest BCUT2D eigenvalue weighted by Crippen LogP contribution is 2.27. The van der Waals surface area contributed by atoms with Gasteiger partial charge in [0, 0.05) is 13.0 Å². The van der Waals surface area contributed by atoms with Crippen LogP contribution in [0.25, 0.3) is 0 Å². The van der Waals surface area contributed by atoms with Gasteiger partial charge in [-0.15, -0.1) is 0 Å². The SMILES string of the molecule is CC1(C)OC(C#N)C[C@@H](CCOCc2ccccc2)O1. The number of ether oxygens (including phenoxy) is 3. The summed E-state index contributed by atoms with van der Waals surface area (Å²) in [6, 6.07) is 12.2. The first kappa shape index (κ1) is 15.0. The molecule has 0 amide bonds. The lowest BCUT2D eigenvalue weighted by Crippen LogP contribution is -2.44. The van der Waals surface area contributed by atoms with E-state index in [2.05, 4.69) is 6.07 Å². The highest BCUT2D eigenvalue weighted by molar-refractivity contribution is 5.13. The predicted octanol–water partition coefficient (Wildman–Crippen LogP) is 3.03. The lowest BCUT2D eigenvalue weighted by Gasteiger charge is -2.38. The molecule has 1 unspecified atom stereocenters. The van der Waals surface area contributed by atoms with Gasteiger partial charge in [0.05, 0.1) is 18.8 Å². The van der Waals surface area contributed by atoms with Crippen molar-refractivity contribution in [3.8, 4) is 6.07 Å². The van der Waals surface area contributed by atoms with Crippen molar-refractivity contribution in [1.82, 2.24) is 0 Å². The van der Waals surface area contributed by atoms with Crippen LogP contribution in [0.4, 0.5) is 0 Å². The van der Waals surface area contributed by atoms with Crippen molar-refractivity contribution >= 4 is 0 Å². The molecule has 20 heavy (non-hydrogen) atoms. The molecule has 1 saturated heterocycles. The smallest absolute Gasteiger partial charge is 0.164 e. The molecule has 4 heteroatoms. The molecule has 0 N–H and O–H groups in total. The molecule has 1 aromatic rings. The number of hydrogen-bond donors (Lipinski definition) is 0. The lowest BCUT2D eigenvalue weighted by molar-refractivity contribution is -0.290. The van der Waals surface area contributed by atoms with Crippen molar-refractivity contribution < 1.29 is 14.2 Å². The minimum Gasteiger partial charge on any atom is -0.377 e. The topological polar surface area (TPSA) is 51.5 Å². The molecule has 1 aromatic carbocycles. The summed E-state index contributed by atoms with van der Waals surface area (Å²) in [6.45, 7) is 4.91. The third-order valence-electron chi connectivity index (χ3n) is 3.19. The normalized spacial score (nSPS) is 25.1. The van der Waals surface area contributed by atoms with E-state index in [1.165, 1.54) is 0 Å². The van der Waals surface area contributed by atoms with Crippen LogP contribution in [0.1, 0.15) is 32.3 Å². The van der Waals surface area contributed by atoms with E-state index in [0.29, 0.717) is 19.6 Å². The van der Waals surface area contributed by atoms with Gasteiger partial charge in [0.25, 0.3) is 0 Å². The summed E-state index contributed by atoms with van der Waals surface area (Å²) in [6.07, 6.45) is 1.00. The molecule has 0 spiro atoms. The predicted molar refractivity (Wildman–Crippen MR) is 74.8 cm³/mol. The molecule has 0 aromatic heterocycles. The maximum atomic E-state index is 9.00. The number of nitrogens with zero attached hydrogens (tertiary/aromatic N) is 1. The lowest BCUT2D eigenvalue weighted by atomic mass is 10.1. The fraction of sp³-hybridized carbons (Fsp3) is 0.562. The van der Waals surface area contributed by atoms with Crippen LogP contribution in [0.15, 0.2) is 30.3 Å². The Morgan fingerprint density at radius 1 is 1.30 bits per heavy atom. The quantitative estimate of drug-likeness (QED) is 0.775. The summed E-state index contributed by atoms with van der Waals surface area (Å²) in [7, 11) is 0. The Balaban J connectivity index is 1.72. The Morgan fingerprint density at radius 3 is 2.75 bits per heavy atom. The molecule has 0 saturated carbocycles. The van der Waals surface area contributed by atoms with Crippen molar-refractivity contribution in [1.29, 1.82) is 5.26 Å². The first-order valence-electron chi connectivity index (χ1n) is 6.96. The number of benzene rings is 1. The zero-order valence-electron chi connectivity index (χ0n) is 12.0. The first-order valence-corrected chi connectivity index (χ1v) is 6.96. The summed E-state index contributed by atoms with van der Waals surface area (Å²) in [4.78, 5) is 0. The largest absolute Gasteiger partial charge is 0.377 e. The standard InChI is InChI=1S/C16H21NO3/c1-16(2)19-14(10-15(11-17)20-16)8-9-18-12-13-6-4-3-5-7-13/h3-7,14-15H,8-10,12H2,1-2H3/t14-,15?/m1/s1. The van der Waals surface area contributed by atoms with E-state index in [0.717, 1.165) is 12.0 Å². The Labute approximate surface area is 120 Å². The maximum Gasteiger partial charge on any atom is 0.164 e. The van der Waals surface area contributed by atoms with Crippen LogP contribution in [-0.4, -0.2) is 24.6 Å². The summed E-state index contributed by atoms with van der Waals surface area (Å²) >= 11 is 0. The first-order chi connectivity index (χ1) is 9.59. The van der Waals surface area contributed by atoms with Crippen LogP contribution >= 0.6 is 0 Å². The molecule has 0 bridgehead atoms. The Morgan fingerprint density at radius 2 is 2.05 bits per heavy atom. The van der Waals surface area contributed by atoms with Gasteiger partial charge >= 0.3 is 0 Å². The van der Waals surface area contributed by atoms with Crippen LogP contribution in [0.5, 0.6) is 0 Å². The zero-order chi connectivity index (χ0) is 14.4. The van der Waals surface area contributed by atoms with Crippen molar-refractivity contribution in [2.45, 2.75) is 51.3 Å². The summed E-state index contributed by atoms with van der Waals surface area (Å²) in [5.74, 6) is -0.692. The number of rotatable bonds is 5. The average molecular weight is 275 g/mol. The molecule has 1 aliphatic rings. The Hall–Kier alpha value is -1.41. The summed E-state index contributed by atoms with van der Waals surface area (Å²) in [5.41, 5.74) is 1.16. The van der Waals surface area contributed by atoms with Gasteiger partial charge in [0.1, 0.15) is 6.10 Å². The minimum absolute atomic E-state index is 0.0131. The van der Waals surface area contributed by atoms with E-state index >= 15 is 0 Å². The van der Waals surface area contributed by atoms with Gasteiger partial charge in [-0.2, -0.15) is 5.26 Å². The molecule has 1 fully saturated rings. The molecule has 2 atom stereocenters. The van der Waals surface area contributed by atoms with Gasteiger partial charge in [0.2, 0.25) is 0 Å². The van der Waals surface area contributed by atoms with Crippen LogP contribution in [-0.2, 0) is 20.8 Å². The second-order valence-electron chi connectivity index (χ2n) is 5.44. The molecule has 1 heterocycles. The van der Waals surface area contributed by atoms with E-state index in [9.17, 15) is 0 Å². The van der Waals surface area contributed by atoms with Crippen LogP contribution < -0.4 is 0 Å². The highest BCUT2D eigenvalue weighted by Gasteiger charge is 2.35. The highest BCUT2D eigenvalue weighted by atomic mass is 16.7. The maximum absolute atomic E-state index is 9.00. The number of hydrogen-bond acceptors (Lipinski definition) is 4. The second kappa shape index (κ2) is 6.85. The molecule has 2 rings (SSSR count). The van der Waals surface area contributed by atoms with Crippen LogP contribution in [0.3, 0.4) is 0 Å². The van der Waals surface area contributed by atoms with Crippen LogP contribution in [0, 0.1) is 11.3 Å². The van der Waals surface area contributed by atoms with E-state index in [1.54, 1.807) is 0 Å². The van der Waals surface area contributed by atoms with E-state index in [1.807, 2.05) is 44.2 Å². The van der Waals surface area contributed by atoms with E-state index in [4.69, 9.17) is 19.5 Å². The molecule has 4 nitrogen and oxygen atoms in total. The van der Waals surface area contributed by atoms with Gasteiger partial charge in [-0.25, -0.2) is 0 Å². The van der Waals surface area contributed by atoms with Crippen molar-refractivity contribution in [3.63, 3.8) is 0 Å². The fourth-order valence-corrected chi connectivity index (χ4v) is 2.34. The Bertz CT molecular complexity index is 453. The van der Waals surface area contributed by atoms with E-state index < -0.39 is 11.9 Å². The summed E-state index contributed by atoms with van der Waals surface area (Å²) < 4.78 is 17.0. The third-order valence-corrected chi connectivity index (χ3v) is 3.19. The van der Waals surface area contributed by atoms with Crippen molar-refractivity contribution in [2.75, 3.05) is 6.61 Å². The molecule has 108 valence electrons. The van der Waals surface area contributed by atoms with Gasteiger partial charge in [-0.1, -0.05) is 30.3 Å². The molecular weight excluding hydrogens is 254 g/mol. The second-order valence-corrected chi connectivity index (χ2v) is 5.44. The minimum atomic E-state index is -0.692. The average Bonchev–Trinajstić information content (AvgIpc) is 2.43. The monoisotopic (exact) mass is 275 g/mol. The Kier molecular flexibility index (Phi) is 5.13. The molecule has 1 aliphatic heterocycles. The van der Waals surface area contributed by atoms with Crippen LogP contribution in [0.2, 0.25) is 0 Å². The third kappa shape index (κ3) is 4.61. The zero-order valence-corrected chi connectivity index (χ0v) is 12.0. The molecular formula is C16H21NO3. The van der Waals surface area contributed by atoms with Gasteiger partial charge in [-0.05, 0) is 25.8 Å².